The largest absolute Gasteiger partial charge is 0.460 e. The lowest BCUT2D eigenvalue weighted by Gasteiger charge is -2.19. The fourth-order valence-electron chi connectivity index (χ4n) is 6.50. The zero-order valence-electron chi connectivity index (χ0n) is 33.6. The molecule has 16 nitrogen and oxygen atoms in total. The van der Waals surface area contributed by atoms with E-state index in [9.17, 15) is 28.8 Å². The van der Waals surface area contributed by atoms with Gasteiger partial charge in [-0.15, -0.1) is 22.7 Å². The van der Waals surface area contributed by atoms with Crippen LogP contribution in [0.5, 0.6) is 0 Å². The number of hydrogen-bond acceptors (Lipinski definition) is 14. The van der Waals surface area contributed by atoms with Crippen LogP contribution in [-0.4, -0.2) is 77.3 Å². The van der Waals surface area contributed by atoms with Gasteiger partial charge in [0, 0.05) is 28.7 Å². The first-order valence-corrected chi connectivity index (χ1v) is 21.4. The zero-order chi connectivity index (χ0) is 45.2. The van der Waals surface area contributed by atoms with E-state index in [1.54, 1.807) is 57.5 Å². The number of thiophene rings is 2. The van der Waals surface area contributed by atoms with Crippen molar-refractivity contribution >= 4 is 135 Å². The van der Waals surface area contributed by atoms with Gasteiger partial charge in [-0.3, -0.25) is 29.1 Å². The van der Waals surface area contributed by atoms with Gasteiger partial charge in [-0.1, -0.05) is 36.4 Å². The molecule has 0 fully saturated rings. The number of hydrogen-bond donors (Lipinski definition) is 3. The number of nitrogens with two attached hydrogens (primary N) is 1. The number of ketones is 1. The number of Topliss-reactive ketones (excluding diaryl/α,β-unsaturated/α-hetero) is 1. The van der Waals surface area contributed by atoms with Crippen LogP contribution in [0.25, 0.3) is 53.4 Å². The molecule has 0 radical (unpaired) electrons. The number of nitrogens with one attached hydrogen (secondary N) is 2. The van der Waals surface area contributed by atoms with Crippen molar-refractivity contribution in [1.82, 2.24) is 34.8 Å². The average molecular weight is 926 g/mol. The monoisotopic (exact) mass is 924 g/mol. The summed E-state index contributed by atoms with van der Waals surface area (Å²) in [5, 5.41) is 7.67. The molecular formula is C43H34Cl2N8O8S2. The van der Waals surface area contributed by atoms with Gasteiger partial charge < -0.3 is 20.2 Å². The minimum Gasteiger partial charge on any atom is -0.460 e. The second kappa shape index (κ2) is 18.2. The number of esters is 1. The molecule has 0 spiro atoms. The molecule has 320 valence electrons. The summed E-state index contributed by atoms with van der Waals surface area (Å²) in [6, 6.07) is 18.2. The van der Waals surface area contributed by atoms with E-state index >= 15 is 0 Å². The van der Waals surface area contributed by atoms with Crippen LogP contribution in [0.3, 0.4) is 0 Å². The maximum Gasteiger partial charge on any atom is 0.419 e. The highest BCUT2D eigenvalue weighted by Gasteiger charge is 2.36. The average Bonchev–Trinajstić information content (AvgIpc) is 4.06. The Bertz CT molecular complexity index is 3180. The number of aromatic amines is 1. The number of rotatable bonds is 7. The van der Waals surface area contributed by atoms with Gasteiger partial charge >= 0.3 is 12.1 Å². The fraction of sp³-hybridized carbons (Fsp3) is 0.163. The Morgan fingerprint density at radius 2 is 1.43 bits per heavy atom. The Labute approximate surface area is 375 Å². The third-order valence-electron chi connectivity index (χ3n) is 8.99. The van der Waals surface area contributed by atoms with E-state index in [1.807, 2.05) is 47.8 Å². The normalized spacial score (nSPS) is 12.5. The standard InChI is InChI=1S/C18H9ClN4O2S.C15H17NO5S.C10H8ClN3O/c19-18-21-10-4-2-1-3-8(10)14(22-18)13-12(16(24)23-17(13)25)9-7-20-11-5-6-26-15(9)11;1-5-20-13(18)11(17)9-8-16(10-6-7-22-12(9)10)14(19)21-15(2,3)4;11-10-13-7-4-2-1-3-6(7)8(14-10)5-9(12)15/h1-7,20H,(H,23,24,25);6-8H,5H2,1-4H3;1-4H,5H2,(H2,12,15). The summed E-state index contributed by atoms with van der Waals surface area (Å²) in [6.45, 7) is 7.00. The molecule has 0 saturated carbocycles. The SMILES string of the molecule is CCOC(=O)C(=O)c1cn(C(=O)OC(C)(C)C)c2ccsc12.NC(=O)Cc1nc(Cl)nc2ccccc12.O=C1NC(=O)C(c2c[nH]c3ccsc23)=C1c1nc(Cl)nc2ccccc12. The minimum absolute atomic E-state index is 0.0213. The summed E-state index contributed by atoms with van der Waals surface area (Å²) in [4.78, 5) is 91.7. The van der Waals surface area contributed by atoms with Crippen LogP contribution in [0.15, 0.2) is 83.8 Å². The molecule has 1 aliphatic heterocycles. The molecule has 0 atom stereocenters. The Balaban J connectivity index is 0.000000147. The van der Waals surface area contributed by atoms with Gasteiger partial charge in [0.2, 0.25) is 16.5 Å². The number of nitrogens with zero attached hydrogens (tertiary/aromatic N) is 5. The molecule has 2 aromatic carbocycles. The van der Waals surface area contributed by atoms with Gasteiger partial charge in [0.25, 0.3) is 17.6 Å². The summed E-state index contributed by atoms with van der Waals surface area (Å²) in [5.41, 5.74) is 9.48. The fourth-order valence-corrected chi connectivity index (χ4v) is 8.65. The first-order chi connectivity index (χ1) is 30.0. The number of para-hydroxylation sites is 2. The number of benzene rings is 2. The van der Waals surface area contributed by atoms with Crippen LogP contribution < -0.4 is 11.1 Å². The molecule has 0 saturated heterocycles. The van der Waals surface area contributed by atoms with Crippen molar-refractivity contribution in [1.29, 1.82) is 0 Å². The molecule has 4 N–H and O–H groups in total. The summed E-state index contributed by atoms with van der Waals surface area (Å²) in [7, 11) is 0. The van der Waals surface area contributed by atoms with Crippen LogP contribution in [0.1, 0.15) is 55.0 Å². The first-order valence-electron chi connectivity index (χ1n) is 18.8. The number of carbonyl (C=O) groups is 6. The molecule has 0 aliphatic carbocycles. The molecule has 20 heteroatoms. The number of fused-ring (bicyclic) bond motifs is 4. The molecule has 6 aromatic heterocycles. The van der Waals surface area contributed by atoms with E-state index in [1.165, 1.54) is 33.4 Å². The number of carbonyl (C=O) groups excluding carboxylic acids is 6. The molecule has 0 bridgehead atoms. The van der Waals surface area contributed by atoms with Crippen molar-refractivity contribution < 1.29 is 38.2 Å². The van der Waals surface area contributed by atoms with Gasteiger partial charge in [0.15, 0.2) is 0 Å². The number of halogens is 2. The smallest absolute Gasteiger partial charge is 0.419 e. The summed E-state index contributed by atoms with van der Waals surface area (Å²) in [5.74, 6) is -3.07. The molecule has 9 rings (SSSR count). The number of imide groups is 1. The Hall–Kier alpha value is -6.86. The Kier molecular flexibility index (Phi) is 12.8. The van der Waals surface area contributed by atoms with E-state index < -0.39 is 41.2 Å². The number of primary amides is 1. The summed E-state index contributed by atoms with van der Waals surface area (Å²) >= 11 is 14.6. The van der Waals surface area contributed by atoms with Crippen molar-refractivity contribution in [3.8, 4) is 0 Å². The van der Waals surface area contributed by atoms with Crippen molar-refractivity contribution in [3.63, 3.8) is 0 Å². The Morgan fingerprint density at radius 3 is 2.11 bits per heavy atom. The van der Waals surface area contributed by atoms with E-state index in [0.29, 0.717) is 49.2 Å². The van der Waals surface area contributed by atoms with Crippen molar-refractivity contribution in [3.05, 3.63) is 117 Å². The maximum atomic E-state index is 12.6. The predicted molar refractivity (Wildman–Crippen MR) is 241 cm³/mol. The lowest BCUT2D eigenvalue weighted by atomic mass is 9.99. The quantitative estimate of drug-likeness (QED) is 0.0455. The number of aromatic nitrogens is 6. The molecule has 7 heterocycles. The van der Waals surface area contributed by atoms with Crippen LogP contribution in [0, 0.1) is 0 Å². The zero-order valence-corrected chi connectivity index (χ0v) is 36.8. The first kappa shape index (κ1) is 44.2. The number of H-pyrrole nitrogens is 1. The van der Waals surface area contributed by atoms with E-state index in [2.05, 4.69) is 30.2 Å². The van der Waals surface area contributed by atoms with Crippen LogP contribution in [0.4, 0.5) is 4.79 Å². The van der Waals surface area contributed by atoms with Crippen LogP contribution in [0.2, 0.25) is 10.6 Å². The predicted octanol–water partition coefficient (Wildman–Crippen LogP) is 7.94. The van der Waals surface area contributed by atoms with E-state index in [4.69, 9.17) is 38.4 Å². The van der Waals surface area contributed by atoms with Crippen molar-refractivity contribution in [2.45, 2.75) is 39.7 Å². The van der Waals surface area contributed by atoms with Crippen molar-refractivity contribution in [2.75, 3.05) is 6.61 Å². The minimum atomic E-state index is -0.931. The third kappa shape index (κ3) is 9.48. The summed E-state index contributed by atoms with van der Waals surface area (Å²) in [6.07, 6.45) is 2.54. The van der Waals surface area contributed by atoms with Crippen LogP contribution >= 0.6 is 45.9 Å². The molecule has 3 amide bonds. The number of ether oxygens (including phenoxy) is 2. The number of amides is 3. The third-order valence-corrected chi connectivity index (χ3v) is 11.2. The van der Waals surface area contributed by atoms with Gasteiger partial charge in [0.1, 0.15) is 5.60 Å². The van der Waals surface area contributed by atoms with Gasteiger partial charge in [-0.25, -0.2) is 29.5 Å². The lowest BCUT2D eigenvalue weighted by molar-refractivity contribution is -0.137. The van der Waals surface area contributed by atoms with Crippen LogP contribution in [-0.2, 0) is 35.1 Å². The highest BCUT2D eigenvalue weighted by molar-refractivity contribution is 7.18. The topological polar surface area (TPSA) is 231 Å². The van der Waals surface area contributed by atoms with Gasteiger partial charge in [-0.05, 0) is 85.9 Å². The van der Waals surface area contributed by atoms with Gasteiger partial charge in [0.05, 0.1) is 72.6 Å². The lowest BCUT2D eigenvalue weighted by Crippen LogP contribution is -2.26. The maximum absolute atomic E-state index is 12.6. The second-order valence-corrected chi connectivity index (χ2v) is 16.9. The molecule has 8 aromatic rings. The second-order valence-electron chi connectivity index (χ2n) is 14.4. The molecule has 1 aliphatic rings. The highest BCUT2D eigenvalue weighted by atomic mass is 35.5. The highest BCUT2D eigenvalue weighted by Crippen LogP contribution is 2.38. The van der Waals surface area contributed by atoms with E-state index in [0.717, 1.165) is 15.6 Å². The van der Waals surface area contributed by atoms with Crippen molar-refractivity contribution in [2.24, 2.45) is 5.73 Å². The molecule has 0 unspecified atom stereocenters. The molecule has 63 heavy (non-hydrogen) atoms. The van der Waals surface area contributed by atoms with E-state index in [-0.39, 0.29) is 34.7 Å². The van der Waals surface area contributed by atoms with Gasteiger partial charge in [-0.2, -0.15) is 0 Å². The summed E-state index contributed by atoms with van der Waals surface area (Å²) < 4.78 is 12.7. The molecular weight excluding hydrogens is 892 g/mol. The Morgan fingerprint density at radius 1 is 0.810 bits per heavy atom.